The normalized spacial score (nSPS) is 14.1. The maximum Gasteiger partial charge on any atom is 0.333 e. The predicted molar refractivity (Wildman–Crippen MR) is 71.9 cm³/mol. The van der Waals surface area contributed by atoms with Gasteiger partial charge in [-0.1, -0.05) is 13.5 Å². The van der Waals surface area contributed by atoms with Gasteiger partial charge < -0.3 is 9.84 Å². The Balaban J connectivity index is 0. The number of carbonyl (C=O) groups excluding carboxylic acids is 1. The average molecular weight is 297 g/mol. The van der Waals surface area contributed by atoms with Crippen molar-refractivity contribution in [3.05, 3.63) is 12.2 Å². The third-order valence-corrected chi connectivity index (χ3v) is 3.68. The summed E-state index contributed by atoms with van der Waals surface area (Å²) in [6, 6.07) is 0. The first kappa shape index (κ1) is 20.4. The van der Waals surface area contributed by atoms with E-state index < -0.39 is 15.2 Å². The SMILES string of the molecule is C=C(C)C(=O)OCC.CCC(O)(N(C)C)S(=O)(=O)O. The van der Waals surface area contributed by atoms with E-state index in [1.807, 2.05) is 0 Å². The summed E-state index contributed by atoms with van der Waals surface area (Å²) < 4.78 is 34.3. The summed E-state index contributed by atoms with van der Waals surface area (Å²) in [5.74, 6) is -0.312. The van der Waals surface area contributed by atoms with Crippen molar-refractivity contribution in [1.29, 1.82) is 0 Å². The highest BCUT2D eigenvalue weighted by molar-refractivity contribution is 7.87. The molecule has 1 atom stereocenters. The lowest BCUT2D eigenvalue weighted by Crippen LogP contribution is -2.50. The molecule has 0 heterocycles. The molecule has 19 heavy (non-hydrogen) atoms. The van der Waals surface area contributed by atoms with E-state index in [0.717, 1.165) is 4.90 Å². The molecule has 0 saturated heterocycles. The first-order valence-corrected chi connectivity index (χ1v) is 7.07. The van der Waals surface area contributed by atoms with Crippen LogP contribution < -0.4 is 0 Å². The fourth-order valence-corrected chi connectivity index (χ4v) is 1.81. The van der Waals surface area contributed by atoms with Gasteiger partial charge in [-0.3, -0.25) is 9.45 Å². The minimum Gasteiger partial charge on any atom is -0.463 e. The zero-order chi connectivity index (χ0) is 15.9. The number of esters is 1. The van der Waals surface area contributed by atoms with Gasteiger partial charge in [0.15, 0.2) is 0 Å². The number of ether oxygens (including phenoxy) is 1. The summed E-state index contributed by atoms with van der Waals surface area (Å²) in [5, 5.41) is 7.16. The molecule has 0 aliphatic heterocycles. The maximum absolute atomic E-state index is 10.6. The van der Waals surface area contributed by atoms with Crippen molar-refractivity contribution < 1.29 is 27.6 Å². The van der Waals surface area contributed by atoms with Gasteiger partial charge in [-0.25, -0.2) is 4.79 Å². The van der Waals surface area contributed by atoms with Gasteiger partial charge in [0.25, 0.3) is 0 Å². The highest BCUT2D eigenvalue weighted by atomic mass is 32.2. The predicted octanol–water partition coefficient (Wildman–Crippen LogP) is 0.618. The van der Waals surface area contributed by atoms with Crippen LogP contribution in [0.15, 0.2) is 12.2 Å². The number of hydrogen-bond donors (Lipinski definition) is 2. The molecule has 7 nitrogen and oxygen atoms in total. The second-order valence-corrected chi connectivity index (χ2v) is 5.57. The van der Waals surface area contributed by atoms with Crippen molar-refractivity contribution in [3.63, 3.8) is 0 Å². The number of hydrogen-bond acceptors (Lipinski definition) is 6. The van der Waals surface area contributed by atoms with Crippen molar-refractivity contribution in [2.45, 2.75) is 32.2 Å². The quantitative estimate of drug-likeness (QED) is 0.332. The molecule has 2 N–H and O–H groups in total. The molecule has 0 saturated carbocycles. The van der Waals surface area contributed by atoms with Crippen molar-refractivity contribution in [2.75, 3.05) is 20.7 Å². The van der Waals surface area contributed by atoms with Gasteiger partial charge in [0.2, 0.25) is 5.06 Å². The topological polar surface area (TPSA) is 104 Å². The summed E-state index contributed by atoms with van der Waals surface area (Å²) >= 11 is 0. The lowest BCUT2D eigenvalue weighted by atomic mass is 10.4. The first-order chi connectivity index (χ1) is 8.43. The molecule has 0 bridgehead atoms. The van der Waals surface area contributed by atoms with Gasteiger partial charge >= 0.3 is 16.1 Å². The van der Waals surface area contributed by atoms with E-state index >= 15 is 0 Å². The van der Waals surface area contributed by atoms with E-state index in [1.54, 1.807) is 13.8 Å². The third kappa shape index (κ3) is 6.67. The highest BCUT2D eigenvalue weighted by Crippen LogP contribution is 2.18. The summed E-state index contributed by atoms with van der Waals surface area (Å²) in [7, 11) is -1.69. The first-order valence-electron chi connectivity index (χ1n) is 5.63. The van der Waals surface area contributed by atoms with Gasteiger partial charge in [0, 0.05) is 12.0 Å². The minimum atomic E-state index is -4.43. The van der Waals surface area contributed by atoms with Crippen LogP contribution in [0, 0.1) is 0 Å². The molecule has 114 valence electrons. The van der Waals surface area contributed by atoms with Crippen molar-refractivity contribution in [3.8, 4) is 0 Å². The third-order valence-electron chi connectivity index (χ3n) is 2.20. The Bertz CT molecular complexity index is 403. The van der Waals surface area contributed by atoms with E-state index in [0.29, 0.717) is 12.2 Å². The number of carbonyl (C=O) groups is 1. The van der Waals surface area contributed by atoms with E-state index in [2.05, 4.69) is 11.3 Å². The number of aliphatic hydroxyl groups is 1. The zero-order valence-corrected chi connectivity index (χ0v) is 12.8. The second-order valence-electron chi connectivity index (χ2n) is 3.97. The standard InChI is InChI=1S/C6H10O2.C5H13NO4S/c1-4-8-6(7)5(2)3;1-4-5(7,6(2)3)11(8,9)10/h2,4H2,1,3H3;7H,4H2,1-3H3,(H,8,9,10). The molecule has 0 rings (SSSR count). The van der Waals surface area contributed by atoms with E-state index in [9.17, 15) is 18.3 Å². The van der Waals surface area contributed by atoms with Gasteiger partial charge in [-0.05, 0) is 27.9 Å². The molecule has 0 amide bonds. The van der Waals surface area contributed by atoms with Gasteiger partial charge in [-0.15, -0.1) is 0 Å². The Hall–Kier alpha value is -0.960. The molecule has 1 unspecified atom stereocenters. The Morgan fingerprint density at radius 3 is 1.84 bits per heavy atom. The molecule has 8 heteroatoms. The lowest BCUT2D eigenvalue weighted by Gasteiger charge is -2.29. The molecule has 0 aromatic heterocycles. The zero-order valence-electron chi connectivity index (χ0n) is 12.0. The van der Waals surface area contributed by atoms with Crippen LogP contribution in [0.4, 0.5) is 0 Å². The Labute approximate surface area is 114 Å². The molecular weight excluding hydrogens is 274 g/mol. The van der Waals surface area contributed by atoms with Crippen LogP contribution in [0.3, 0.4) is 0 Å². The average Bonchev–Trinajstić information content (AvgIpc) is 2.27. The molecule has 0 aromatic carbocycles. The molecule has 0 aliphatic carbocycles. The van der Waals surface area contributed by atoms with Crippen molar-refractivity contribution in [1.82, 2.24) is 4.90 Å². The summed E-state index contributed by atoms with van der Waals surface area (Å²) in [4.78, 5) is 11.5. The fourth-order valence-electron chi connectivity index (χ4n) is 0.984. The fraction of sp³-hybridized carbons (Fsp3) is 0.727. The molecule has 0 aromatic rings. The van der Waals surface area contributed by atoms with E-state index in [-0.39, 0.29) is 12.4 Å². The number of rotatable bonds is 5. The van der Waals surface area contributed by atoms with Crippen LogP contribution in [0.2, 0.25) is 0 Å². The largest absolute Gasteiger partial charge is 0.463 e. The molecule has 0 spiro atoms. The maximum atomic E-state index is 10.6. The Morgan fingerprint density at radius 1 is 1.37 bits per heavy atom. The molecule has 0 aliphatic rings. The van der Waals surface area contributed by atoms with Crippen LogP contribution in [0.25, 0.3) is 0 Å². The van der Waals surface area contributed by atoms with Crippen LogP contribution in [0.5, 0.6) is 0 Å². The number of nitrogens with zero attached hydrogens (tertiary/aromatic N) is 1. The molecular formula is C11H23NO6S. The smallest absolute Gasteiger partial charge is 0.333 e. The highest BCUT2D eigenvalue weighted by Gasteiger charge is 2.41. The molecule has 0 radical (unpaired) electrons. The van der Waals surface area contributed by atoms with Gasteiger partial charge in [0.05, 0.1) is 6.61 Å². The summed E-state index contributed by atoms with van der Waals surface area (Å²) in [6.45, 7) is 8.68. The van der Waals surface area contributed by atoms with Crippen LogP contribution in [-0.2, 0) is 19.6 Å². The van der Waals surface area contributed by atoms with Crippen LogP contribution in [0.1, 0.15) is 27.2 Å². The van der Waals surface area contributed by atoms with Gasteiger partial charge in [0.1, 0.15) is 0 Å². The minimum absolute atomic E-state index is 0.0845. The van der Waals surface area contributed by atoms with Crippen molar-refractivity contribution >= 4 is 16.1 Å². The Kier molecular flexibility index (Phi) is 8.85. The van der Waals surface area contributed by atoms with Gasteiger partial charge in [-0.2, -0.15) is 8.42 Å². The summed E-state index contributed by atoms with van der Waals surface area (Å²) in [6.07, 6.45) is -0.0845. The summed E-state index contributed by atoms with van der Waals surface area (Å²) in [5.41, 5.74) is 0.451. The van der Waals surface area contributed by atoms with E-state index in [4.69, 9.17) is 4.55 Å². The Morgan fingerprint density at radius 2 is 1.79 bits per heavy atom. The van der Waals surface area contributed by atoms with Crippen molar-refractivity contribution in [2.24, 2.45) is 0 Å². The second kappa shape index (κ2) is 8.26. The van der Waals surface area contributed by atoms with Crippen LogP contribution in [-0.4, -0.2) is 54.7 Å². The van der Waals surface area contributed by atoms with E-state index in [1.165, 1.54) is 21.0 Å². The monoisotopic (exact) mass is 297 g/mol. The molecule has 0 fully saturated rings. The lowest BCUT2D eigenvalue weighted by molar-refractivity contribution is -0.138. The van der Waals surface area contributed by atoms with Crippen LogP contribution >= 0.6 is 0 Å².